The van der Waals surface area contributed by atoms with E-state index in [2.05, 4.69) is 6.07 Å². The summed E-state index contributed by atoms with van der Waals surface area (Å²) in [6.07, 6.45) is 6.31. The van der Waals surface area contributed by atoms with Gasteiger partial charge in [-0.2, -0.15) is 5.26 Å². The number of nitrogens with zero attached hydrogens (tertiary/aromatic N) is 2. The van der Waals surface area contributed by atoms with Crippen molar-refractivity contribution in [3.8, 4) is 6.07 Å². The zero-order valence-corrected chi connectivity index (χ0v) is 10.2. The van der Waals surface area contributed by atoms with Gasteiger partial charge in [0, 0.05) is 19.2 Å². The van der Waals surface area contributed by atoms with Crippen LogP contribution in [0.25, 0.3) is 0 Å². The Bertz CT molecular complexity index is 327. The highest BCUT2D eigenvalue weighted by Gasteiger charge is 2.48. The molecule has 2 aliphatic rings. The molecule has 2 rings (SSSR count). The summed E-state index contributed by atoms with van der Waals surface area (Å²) in [4.78, 5) is 14.3. The second kappa shape index (κ2) is 5.05. The lowest BCUT2D eigenvalue weighted by Crippen LogP contribution is -2.53. The Morgan fingerprint density at radius 2 is 2.12 bits per heavy atom. The molecular formula is C13H20N2O2. The first kappa shape index (κ1) is 12.4. The highest BCUT2D eigenvalue weighted by atomic mass is 16.3. The van der Waals surface area contributed by atoms with Crippen molar-refractivity contribution in [3.63, 3.8) is 0 Å². The van der Waals surface area contributed by atoms with Crippen molar-refractivity contribution in [2.75, 3.05) is 13.2 Å². The van der Waals surface area contributed by atoms with Gasteiger partial charge in [0.05, 0.1) is 6.07 Å². The molecule has 0 aliphatic heterocycles. The molecule has 1 amide bonds. The highest BCUT2D eigenvalue weighted by molar-refractivity contribution is 5.86. The minimum atomic E-state index is -0.731. The molecule has 0 radical (unpaired) electrons. The van der Waals surface area contributed by atoms with Crippen LogP contribution in [0.4, 0.5) is 0 Å². The number of amides is 1. The summed E-state index contributed by atoms with van der Waals surface area (Å²) in [7, 11) is 0. The lowest BCUT2D eigenvalue weighted by Gasteiger charge is -2.44. The summed E-state index contributed by atoms with van der Waals surface area (Å²) < 4.78 is 0. The van der Waals surface area contributed by atoms with E-state index in [0.717, 1.165) is 19.3 Å². The fourth-order valence-electron chi connectivity index (χ4n) is 2.57. The number of carbonyl (C=O) groups is 1. The maximum absolute atomic E-state index is 12.4. The lowest BCUT2D eigenvalue weighted by molar-refractivity contribution is -0.147. The first-order valence-corrected chi connectivity index (χ1v) is 6.57. The van der Waals surface area contributed by atoms with Crippen molar-refractivity contribution < 1.29 is 9.90 Å². The van der Waals surface area contributed by atoms with Crippen LogP contribution in [0.1, 0.15) is 44.9 Å². The van der Waals surface area contributed by atoms with E-state index in [1.54, 1.807) is 0 Å². The van der Waals surface area contributed by atoms with E-state index in [-0.39, 0.29) is 12.5 Å². The molecule has 1 N–H and O–H groups in total. The molecular weight excluding hydrogens is 216 g/mol. The molecule has 0 aromatic carbocycles. The van der Waals surface area contributed by atoms with Crippen LogP contribution in [0.2, 0.25) is 0 Å². The molecule has 0 spiro atoms. The molecule has 94 valence electrons. The van der Waals surface area contributed by atoms with Gasteiger partial charge in [0.15, 0.2) is 0 Å². The van der Waals surface area contributed by atoms with Crippen molar-refractivity contribution >= 4 is 5.91 Å². The zero-order valence-electron chi connectivity index (χ0n) is 10.2. The number of nitriles is 1. The van der Waals surface area contributed by atoms with Crippen LogP contribution in [0.5, 0.6) is 0 Å². The van der Waals surface area contributed by atoms with Gasteiger partial charge < -0.3 is 10.0 Å². The first-order chi connectivity index (χ1) is 8.23. The maximum atomic E-state index is 12.4. The molecule has 0 saturated heterocycles. The number of carbonyl (C=O) groups excluding carboxylic acids is 1. The summed E-state index contributed by atoms with van der Waals surface area (Å²) >= 11 is 0. The third-order valence-electron chi connectivity index (χ3n) is 4.16. The first-order valence-electron chi connectivity index (χ1n) is 6.57. The summed E-state index contributed by atoms with van der Waals surface area (Å²) in [5, 5.41) is 18.1. The molecule has 0 unspecified atom stereocenters. The average molecular weight is 236 g/mol. The van der Waals surface area contributed by atoms with Crippen LogP contribution in [0.3, 0.4) is 0 Å². The summed E-state index contributed by atoms with van der Waals surface area (Å²) in [6.45, 7) is 0.708. The Morgan fingerprint density at radius 3 is 2.47 bits per heavy atom. The van der Waals surface area contributed by atoms with Crippen LogP contribution < -0.4 is 0 Å². The van der Waals surface area contributed by atoms with Gasteiger partial charge in [0.2, 0.25) is 5.91 Å². The molecule has 4 heteroatoms. The zero-order chi connectivity index (χ0) is 12.3. The normalized spacial score (nSPS) is 22.1. The van der Waals surface area contributed by atoms with Crippen molar-refractivity contribution in [1.82, 2.24) is 4.90 Å². The lowest BCUT2D eigenvalue weighted by atomic mass is 9.68. The largest absolute Gasteiger partial charge is 0.396 e. The molecule has 17 heavy (non-hydrogen) atoms. The minimum absolute atomic E-state index is 0.0180. The third-order valence-corrected chi connectivity index (χ3v) is 4.16. The standard InChI is InChI=1S/C13H20N2O2/c14-10-13(6-2-7-13)12(17)15(8-3-9-16)11-4-1-5-11/h11,16H,1-9H2. The molecule has 4 nitrogen and oxygen atoms in total. The molecule has 0 bridgehead atoms. The predicted molar refractivity (Wildman–Crippen MR) is 63.0 cm³/mol. The summed E-state index contributed by atoms with van der Waals surface area (Å²) in [5.74, 6) is 0.0180. The Kier molecular flexibility index (Phi) is 3.68. The van der Waals surface area contributed by atoms with Crippen molar-refractivity contribution in [3.05, 3.63) is 0 Å². The second-order valence-corrected chi connectivity index (χ2v) is 5.21. The number of rotatable bonds is 5. The van der Waals surface area contributed by atoms with E-state index < -0.39 is 5.41 Å². The monoisotopic (exact) mass is 236 g/mol. The third kappa shape index (κ3) is 2.16. The number of aliphatic hydroxyl groups excluding tert-OH is 1. The van der Waals surface area contributed by atoms with Gasteiger partial charge in [-0.3, -0.25) is 4.79 Å². The van der Waals surface area contributed by atoms with Crippen LogP contribution in [0, 0.1) is 16.7 Å². The molecule has 0 heterocycles. The van der Waals surface area contributed by atoms with Crippen LogP contribution in [0.15, 0.2) is 0 Å². The molecule has 0 atom stereocenters. The Balaban J connectivity index is 2.03. The van der Waals surface area contributed by atoms with Gasteiger partial charge in [0.1, 0.15) is 5.41 Å². The number of aliphatic hydroxyl groups is 1. The van der Waals surface area contributed by atoms with Gasteiger partial charge in [-0.1, -0.05) is 0 Å². The highest BCUT2D eigenvalue weighted by Crippen LogP contribution is 2.43. The van der Waals surface area contributed by atoms with Crippen LogP contribution >= 0.6 is 0 Å². The minimum Gasteiger partial charge on any atom is -0.396 e. The van der Waals surface area contributed by atoms with Crippen LogP contribution in [-0.4, -0.2) is 35.1 Å². The van der Waals surface area contributed by atoms with E-state index in [1.807, 2.05) is 4.90 Å². The number of hydrogen-bond donors (Lipinski definition) is 1. The number of hydrogen-bond acceptors (Lipinski definition) is 3. The van der Waals surface area contributed by atoms with E-state index in [0.29, 0.717) is 31.8 Å². The quantitative estimate of drug-likeness (QED) is 0.785. The van der Waals surface area contributed by atoms with Gasteiger partial charge in [-0.15, -0.1) is 0 Å². The fourth-order valence-corrected chi connectivity index (χ4v) is 2.57. The Hall–Kier alpha value is -1.08. The van der Waals surface area contributed by atoms with E-state index >= 15 is 0 Å². The molecule has 0 aromatic rings. The van der Waals surface area contributed by atoms with Gasteiger partial charge in [-0.25, -0.2) is 0 Å². The topological polar surface area (TPSA) is 64.3 Å². The molecule has 2 fully saturated rings. The van der Waals surface area contributed by atoms with Crippen LogP contribution in [-0.2, 0) is 4.79 Å². The average Bonchev–Trinajstić information content (AvgIpc) is 2.20. The molecule has 2 aliphatic carbocycles. The Labute approximate surface area is 102 Å². The maximum Gasteiger partial charge on any atom is 0.243 e. The Morgan fingerprint density at radius 1 is 1.41 bits per heavy atom. The van der Waals surface area contributed by atoms with Crippen molar-refractivity contribution in [2.45, 2.75) is 51.0 Å². The molecule has 2 saturated carbocycles. The van der Waals surface area contributed by atoms with Gasteiger partial charge in [-0.05, 0) is 44.9 Å². The van der Waals surface area contributed by atoms with E-state index in [1.165, 1.54) is 6.42 Å². The summed E-state index contributed by atoms with van der Waals surface area (Å²) in [6, 6.07) is 2.54. The SMILES string of the molecule is N#CC1(C(=O)N(CCCO)C2CCC2)CCC1. The van der Waals surface area contributed by atoms with E-state index in [9.17, 15) is 10.1 Å². The smallest absolute Gasteiger partial charge is 0.243 e. The van der Waals surface area contributed by atoms with Gasteiger partial charge >= 0.3 is 0 Å². The predicted octanol–water partition coefficient (Wildman–Crippen LogP) is 1.44. The fraction of sp³-hybridized carbons (Fsp3) is 0.846. The van der Waals surface area contributed by atoms with Crippen molar-refractivity contribution in [2.24, 2.45) is 5.41 Å². The van der Waals surface area contributed by atoms with Gasteiger partial charge in [0.25, 0.3) is 0 Å². The van der Waals surface area contributed by atoms with E-state index in [4.69, 9.17) is 5.11 Å². The second-order valence-electron chi connectivity index (χ2n) is 5.21. The van der Waals surface area contributed by atoms with Crippen molar-refractivity contribution in [1.29, 1.82) is 5.26 Å². The summed E-state index contributed by atoms with van der Waals surface area (Å²) in [5.41, 5.74) is -0.731. The molecule has 0 aromatic heterocycles.